The number of aromatic nitrogens is 2. The smallest absolute Gasteiger partial charge is 0.163 e. The van der Waals surface area contributed by atoms with Gasteiger partial charge in [-0.15, -0.1) is 0 Å². The van der Waals surface area contributed by atoms with Gasteiger partial charge in [-0.1, -0.05) is 45.2 Å². The highest BCUT2D eigenvalue weighted by Crippen LogP contribution is 2.32. The molecule has 1 aromatic heterocycles. The van der Waals surface area contributed by atoms with Crippen LogP contribution in [-0.2, 0) is 0 Å². The standard InChI is InChI=1S/C14H6BrCl2FN2/c15-7-4-5-9(16)8(6-7)14-19-11-3-1-2-10(18)12(11)13(17)20-14/h1-6H. The first-order valence-corrected chi connectivity index (χ1v) is 7.18. The van der Waals surface area contributed by atoms with Gasteiger partial charge in [0.25, 0.3) is 0 Å². The van der Waals surface area contributed by atoms with Gasteiger partial charge in [-0.3, -0.25) is 0 Å². The molecule has 0 aliphatic rings. The lowest BCUT2D eigenvalue weighted by molar-refractivity contribution is 0.639. The molecule has 0 fully saturated rings. The van der Waals surface area contributed by atoms with Crippen LogP contribution >= 0.6 is 39.1 Å². The zero-order valence-electron chi connectivity index (χ0n) is 9.87. The number of fused-ring (bicyclic) bond motifs is 1. The Morgan fingerprint density at radius 3 is 2.65 bits per heavy atom. The van der Waals surface area contributed by atoms with E-state index in [2.05, 4.69) is 25.9 Å². The van der Waals surface area contributed by atoms with Gasteiger partial charge in [0.05, 0.1) is 15.9 Å². The topological polar surface area (TPSA) is 25.8 Å². The Labute approximate surface area is 132 Å². The molecule has 0 saturated heterocycles. The number of nitrogens with zero attached hydrogens (tertiary/aromatic N) is 2. The van der Waals surface area contributed by atoms with E-state index in [-0.39, 0.29) is 10.5 Å². The summed E-state index contributed by atoms with van der Waals surface area (Å²) in [7, 11) is 0. The largest absolute Gasteiger partial charge is 0.228 e. The Kier molecular flexibility index (Phi) is 3.63. The SMILES string of the molecule is Fc1cccc2nc(-c3cc(Br)ccc3Cl)nc(Cl)c12. The molecular formula is C14H6BrCl2FN2. The molecule has 0 aliphatic carbocycles. The van der Waals surface area contributed by atoms with Crippen molar-refractivity contribution in [3.05, 3.63) is 56.9 Å². The number of benzene rings is 2. The van der Waals surface area contributed by atoms with Crippen LogP contribution in [-0.4, -0.2) is 9.97 Å². The summed E-state index contributed by atoms with van der Waals surface area (Å²) in [6.45, 7) is 0. The highest BCUT2D eigenvalue weighted by molar-refractivity contribution is 9.10. The van der Waals surface area contributed by atoms with Gasteiger partial charge in [-0.05, 0) is 30.3 Å². The van der Waals surface area contributed by atoms with E-state index in [0.29, 0.717) is 21.9 Å². The molecule has 0 bridgehead atoms. The van der Waals surface area contributed by atoms with Crippen molar-refractivity contribution in [3.8, 4) is 11.4 Å². The predicted molar refractivity (Wildman–Crippen MR) is 82.7 cm³/mol. The number of rotatable bonds is 1. The number of hydrogen-bond acceptors (Lipinski definition) is 2. The molecule has 0 amide bonds. The maximum atomic E-state index is 13.7. The molecule has 0 spiro atoms. The fraction of sp³-hybridized carbons (Fsp3) is 0. The highest BCUT2D eigenvalue weighted by atomic mass is 79.9. The molecule has 0 aliphatic heterocycles. The van der Waals surface area contributed by atoms with Crippen molar-refractivity contribution in [1.82, 2.24) is 9.97 Å². The monoisotopic (exact) mass is 370 g/mol. The van der Waals surface area contributed by atoms with Gasteiger partial charge in [0, 0.05) is 10.0 Å². The first-order valence-electron chi connectivity index (χ1n) is 5.63. The van der Waals surface area contributed by atoms with Gasteiger partial charge in [0.2, 0.25) is 0 Å². The summed E-state index contributed by atoms with van der Waals surface area (Å²) in [5, 5.41) is 0.781. The van der Waals surface area contributed by atoms with E-state index in [4.69, 9.17) is 23.2 Å². The lowest BCUT2D eigenvalue weighted by Crippen LogP contribution is -1.94. The molecule has 1 heterocycles. The molecule has 0 unspecified atom stereocenters. The van der Waals surface area contributed by atoms with E-state index in [9.17, 15) is 4.39 Å². The Hall–Kier alpha value is -1.23. The molecule has 20 heavy (non-hydrogen) atoms. The Balaban J connectivity index is 2.30. The molecule has 0 atom stereocenters. The average molecular weight is 372 g/mol. The van der Waals surface area contributed by atoms with Gasteiger partial charge in [-0.25, -0.2) is 14.4 Å². The summed E-state index contributed by atoms with van der Waals surface area (Å²) >= 11 is 15.6. The van der Waals surface area contributed by atoms with Gasteiger partial charge in [0.15, 0.2) is 5.82 Å². The highest BCUT2D eigenvalue weighted by Gasteiger charge is 2.13. The quantitative estimate of drug-likeness (QED) is 0.527. The molecule has 2 aromatic carbocycles. The second-order valence-electron chi connectivity index (χ2n) is 4.10. The van der Waals surface area contributed by atoms with Crippen LogP contribution in [0, 0.1) is 5.82 Å². The van der Waals surface area contributed by atoms with E-state index in [1.54, 1.807) is 24.3 Å². The van der Waals surface area contributed by atoms with Crippen molar-refractivity contribution < 1.29 is 4.39 Å². The van der Waals surface area contributed by atoms with Crippen LogP contribution in [0.1, 0.15) is 0 Å². The zero-order valence-corrected chi connectivity index (χ0v) is 13.0. The predicted octanol–water partition coefficient (Wildman–Crippen LogP) is 5.51. The number of halogens is 4. The minimum Gasteiger partial charge on any atom is -0.228 e. The molecule has 6 heteroatoms. The van der Waals surface area contributed by atoms with Crippen molar-refractivity contribution in [1.29, 1.82) is 0 Å². The molecule has 0 saturated carbocycles. The summed E-state index contributed by atoms with van der Waals surface area (Å²) in [6.07, 6.45) is 0. The van der Waals surface area contributed by atoms with Crippen molar-refractivity contribution in [3.63, 3.8) is 0 Å². The molecular weight excluding hydrogens is 366 g/mol. The fourth-order valence-electron chi connectivity index (χ4n) is 1.89. The zero-order chi connectivity index (χ0) is 14.3. The van der Waals surface area contributed by atoms with Crippen molar-refractivity contribution >= 4 is 50.0 Å². The van der Waals surface area contributed by atoms with E-state index >= 15 is 0 Å². The van der Waals surface area contributed by atoms with E-state index in [1.807, 2.05) is 6.07 Å². The molecule has 2 nitrogen and oxygen atoms in total. The normalized spacial score (nSPS) is 11.0. The van der Waals surface area contributed by atoms with Crippen molar-refractivity contribution in [2.45, 2.75) is 0 Å². The summed E-state index contributed by atoms with van der Waals surface area (Å²) in [5.41, 5.74) is 1.07. The first-order chi connectivity index (χ1) is 9.56. The van der Waals surface area contributed by atoms with Gasteiger partial charge in [0.1, 0.15) is 11.0 Å². The molecule has 3 aromatic rings. The lowest BCUT2D eigenvalue weighted by Gasteiger charge is -2.07. The Morgan fingerprint density at radius 2 is 1.85 bits per heavy atom. The van der Waals surface area contributed by atoms with Crippen LogP contribution in [0.3, 0.4) is 0 Å². The maximum absolute atomic E-state index is 13.7. The third-order valence-corrected chi connectivity index (χ3v) is 3.89. The Bertz CT molecular complexity index is 824. The molecule has 0 N–H and O–H groups in total. The maximum Gasteiger partial charge on any atom is 0.163 e. The van der Waals surface area contributed by atoms with Crippen LogP contribution in [0.5, 0.6) is 0 Å². The minimum absolute atomic E-state index is 0.0687. The van der Waals surface area contributed by atoms with Crippen LogP contribution < -0.4 is 0 Å². The van der Waals surface area contributed by atoms with Gasteiger partial charge < -0.3 is 0 Å². The summed E-state index contributed by atoms with van der Waals surface area (Å²) in [6, 6.07) is 9.92. The second-order valence-corrected chi connectivity index (χ2v) is 5.78. The van der Waals surface area contributed by atoms with Gasteiger partial charge >= 0.3 is 0 Å². The second kappa shape index (κ2) is 5.28. The third-order valence-electron chi connectivity index (χ3n) is 2.80. The first kappa shape index (κ1) is 13.7. The Morgan fingerprint density at radius 1 is 1.05 bits per heavy atom. The number of hydrogen-bond donors (Lipinski definition) is 0. The molecule has 100 valence electrons. The minimum atomic E-state index is -0.445. The van der Waals surface area contributed by atoms with Crippen LogP contribution in [0.2, 0.25) is 10.2 Å². The van der Waals surface area contributed by atoms with Crippen LogP contribution in [0.4, 0.5) is 4.39 Å². The summed E-state index contributed by atoms with van der Waals surface area (Å²) < 4.78 is 14.6. The summed E-state index contributed by atoms with van der Waals surface area (Å²) in [5.74, 6) is -0.0845. The van der Waals surface area contributed by atoms with Crippen molar-refractivity contribution in [2.24, 2.45) is 0 Å². The summed E-state index contributed by atoms with van der Waals surface area (Å²) in [4.78, 5) is 8.47. The van der Waals surface area contributed by atoms with Crippen molar-refractivity contribution in [2.75, 3.05) is 0 Å². The van der Waals surface area contributed by atoms with Crippen LogP contribution in [0.15, 0.2) is 40.9 Å². The van der Waals surface area contributed by atoms with E-state index in [1.165, 1.54) is 6.07 Å². The third kappa shape index (κ3) is 2.39. The fourth-order valence-corrected chi connectivity index (χ4v) is 2.72. The lowest BCUT2D eigenvalue weighted by atomic mass is 10.2. The molecule has 3 rings (SSSR count). The van der Waals surface area contributed by atoms with E-state index < -0.39 is 5.82 Å². The van der Waals surface area contributed by atoms with Crippen LogP contribution in [0.25, 0.3) is 22.3 Å². The van der Waals surface area contributed by atoms with Gasteiger partial charge in [-0.2, -0.15) is 0 Å². The average Bonchev–Trinajstić information content (AvgIpc) is 2.41. The van der Waals surface area contributed by atoms with E-state index in [0.717, 1.165) is 4.47 Å². The molecule has 0 radical (unpaired) electrons.